The molecule has 0 aromatic carbocycles. The van der Waals surface area contributed by atoms with E-state index in [2.05, 4.69) is 10.2 Å². The van der Waals surface area contributed by atoms with E-state index in [1.165, 1.54) is 0 Å². The highest BCUT2D eigenvalue weighted by Gasteiger charge is 2.20. The molecule has 0 amide bonds. The summed E-state index contributed by atoms with van der Waals surface area (Å²) in [7, 11) is -2.18. The van der Waals surface area contributed by atoms with Gasteiger partial charge in [-0.3, -0.25) is 0 Å². The molecule has 0 aliphatic carbocycles. The van der Waals surface area contributed by atoms with Gasteiger partial charge in [0.15, 0.2) is 0 Å². The summed E-state index contributed by atoms with van der Waals surface area (Å²) in [6.45, 7) is 4.44. The Balaban J connectivity index is 2.95. The van der Waals surface area contributed by atoms with E-state index < -0.39 is 10.0 Å². The number of hydrogen-bond donors (Lipinski definition) is 1. The predicted octanol–water partition coefficient (Wildman–Crippen LogP) is 0.303. The van der Waals surface area contributed by atoms with Crippen molar-refractivity contribution < 1.29 is 13.2 Å². The number of hydrogen-bond acceptors (Lipinski definition) is 5. The molecule has 0 spiro atoms. The van der Waals surface area contributed by atoms with Crippen molar-refractivity contribution in [3.63, 3.8) is 0 Å². The molecule has 104 valence electrons. The van der Waals surface area contributed by atoms with Gasteiger partial charge in [-0.2, -0.15) is 0 Å². The van der Waals surface area contributed by atoms with Gasteiger partial charge in [-0.1, -0.05) is 6.92 Å². The second kappa shape index (κ2) is 6.26. The third-order valence-electron chi connectivity index (χ3n) is 2.67. The monoisotopic (exact) mass is 276 g/mol. The Labute approximate surface area is 107 Å². The number of rotatable bonds is 7. The quantitative estimate of drug-likeness (QED) is 0.772. The van der Waals surface area contributed by atoms with Crippen molar-refractivity contribution in [2.75, 3.05) is 7.11 Å². The summed E-state index contributed by atoms with van der Waals surface area (Å²) in [5.74, 6) is 0.629. The highest BCUT2D eigenvalue weighted by Crippen LogP contribution is 2.11. The van der Waals surface area contributed by atoms with Gasteiger partial charge in [0.25, 0.3) is 15.2 Å². The van der Waals surface area contributed by atoms with Crippen LogP contribution in [0.1, 0.15) is 32.5 Å². The Morgan fingerprint density at radius 1 is 1.44 bits per heavy atom. The first kappa shape index (κ1) is 15.1. The molecule has 0 fully saturated rings. The van der Waals surface area contributed by atoms with Crippen LogP contribution in [0.5, 0.6) is 0 Å². The minimum atomic E-state index is -3.82. The van der Waals surface area contributed by atoms with Crippen LogP contribution in [0.15, 0.2) is 5.16 Å². The van der Waals surface area contributed by atoms with Gasteiger partial charge in [-0.15, -0.1) is 10.2 Å². The molecule has 0 saturated carbocycles. The number of nitrogens with two attached hydrogens (primary N) is 1. The number of ether oxygens (including phenoxy) is 1. The summed E-state index contributed by atoms with van der Waals surface area (Å²) in [6.07, 6.45) is 2.24. The zero-order valence-electron chi connectivity index (χ0n) is 11.0. The number of nitrogens with zero attached hydrogens (tertiary/aromatic N) is 3. The summed E-state index contributed by atoms with van der Waals surface area (Å²) in [5, 5.41) is 12.5. The van der Waals surface area contributed by atoms with Gasteiger partial charge < -0.3 is 9.30 Å². The van der Waals surface area contributed by atoms with E-state index >= 15 is 0 Å². The topological polar surface area (TPSA) is 100 Å². The van der Waals surface area contributed by atoms with Gasteiger partial charge in [-0.25, -0.2) is 13.6 Å². The lowest BCUT2D eigenvalue weighted by molar-refractivity contribution is 0.110. The van der Waals surface area contributed by atoms with Crippen molar-refractivity contribution in [1.82, 2.24) is 14.8 Å². The van der Waals surface area contributed by atoms with E-state index in [1.807, 2.05) is 13.8 Å². The fourth-order valence-electron chi connectivity index (χ4n) is 1.61. The lowest BCUT2D eigenvalue weighted by Gasteiger charge is -2.10. The molecule has 1 atom stereocenters. The molecule has 0 saturated heterocycles. The van der Waals surface area contributed by atoms with Crippen LogP contribution in [-0.4, -0.2) is 36.4 Å². The van der Waals surface area contributed by atoms with Gasteiger partial charge in [0.1, 0.15) is 5.82 Å². The minimum Gasteiger partial charge on any atom is -0.382 e. The SMILES string of the molecule is CCCn1c(CCC(C)OC)nnc1S(N)(=O)=O. The summed E-state index contributed by atoms with van der Waals surface area (Å²) >= 11 is 0. The van der Waals surface area contributed by atoms with Crippen LogP contribution in [0.25, 0.3) is 0 Å². The van der Waals surface area contributed by atoms with E-state index in [1.54, 1.807) is 11.7 Å². The fraction of sp³-hybridized carbons (Fsp3) is 0.800. The molecular formula is C10H20N4O3S. The van der Waals surface area contributed by atoms with Crippen molar-refractivity contribution in [3.8, 4) is 0 Å². The van der Waals surface area contributed by atoms with Gasteiger partial charge >= 0.3 is 0 Å². The Hall–Kier alpha value is -0.990. The van der Waals surface area contributed by atoms with Crippen molar-refractivity contribution in [1.29, 1.82) is 0 Å². The fourth-order valence-corrected chi connectivity index (χ4v) is 2.27. The molecule has 1 aromatic rings. The summed E-state index contributed by atoms with van der Waals surface area (Å²) in [6, 6.07) is 0. The highest BCUT2D eigenvalue weighted by atomic mass is 32.2. The Morgan fingerprint density at radius 3 is 2.61 bits per heavy atom. The Morgan fingerprint density at radius 2 is 2.11 bits per heavy atom. The largest absolute Gasteiger partial charge is 0.382 e. The highest BCUT2D eigenvalue weighted by molar-refractivity contribution is 7.89. The van der Waals surface area contributed by atoms with Crippen LogP contribution >= 0.6 is 0 Å². The zero-order valence-corrected chi connectivity index (χ0v) is 11.8. The summed E-state index contributed by atoms with van der Waals surface area (Å²) < 4.78 is 29.4. The molecule has 8 heteroatoms. The second-order valence-corrected chi connectivity index (χ2v) is 5.64. The van der Waals surface area contributed by atoms with Gasteiger partial charge in [-0.05, 0) is 19.8 Å². The van der Waals surface area contributed by atoms with Gasteiger partial charge in [0, 0.05) is 20.1 Å². The van der Waals surface area contributed by atoms with Crippen LogP contribution in [-0.2, 0) is 27.7 Å². The second-order valence-electron chi connectivity index (χ2n) is 4.18. The normalized spacial score (nSPS) is 13.8. The average molecular weight is 276 g/mol. The van der Waals surface area contributed by atoms with E-state index in [0.717, 1.165) is 12.8 Å². The van der Waals surface area contributed by atoms with E-state index in [9.17, 15) is 8.42 Å². The average Bonchev–Trinajstić information content (AvgIpc) is 2.69. The summed E-state index contributed by atoms with van der Waals surface area (Å²) in [5.41, 5.74) is 0. The van der Waals surface area contributed by atoms with Crippen LogP contribution in [0, 0.1) is 0 Å². The molecule has 0 aliphatic heterocycles. The maximum absolute atomic E-state index is 11.4. The number of methoxy groups -OCH3 is 1. The van der Waals surface area contributed by atoms with Crippen LogP contribution in [0.3, 0.4) is 0 Å². The van der Waals surface area contributed by atoms with E-state index in [4.69, 9.17) is 9.88 Å². The summed E-state index contributed by atoms with van der Waals surface area (Å²) in [4.78, 5) is 0. The molecule has 1 heterocycles. The first-order valence-electron chi connectivity index (χ1n) is 5.87. The predicted molar refractivity (Wildman–Crippen MR) is 66.5 cm³/mol. The molecular weight excluding hydrogens is 256 g/mol. The molecule has 1 unspecified atom stereocenters. The third-order valence-corrected chi connectivity index (χ3v) is 3.48. The number of aromatic nitrogens is 3. The number of primary sulfonamides is 1. The van der Waals surface area contributed by atoms with Crippen LogP contribution < -0.4 is 5.14 Å². The molecule has 1 rings (SSSR count). The van der Waals surface area contributed by atoms with Crippen LogP contribution in [0.4, 0.5) is 0 Å². The zero-order chi connectivity index (χ0) is 13.8. The molecule has 7 nitrogen and oxygen atoms in total. The maximum Gasteiger partial charge on any atom is 0.273 e. The molecule has 0 bridgehead atoms. The smallest absolute Gasteiger partial charge is 0.273 e. The van der Waals surface area contributed by atoms with Crippen molar-refractivity contribution >= 4 is 10.0 Å². The maximum atomic E-state index is 11.4. The Kier molecular flexibility index (Phi) is 5.24. The Bertz CT molecular complexity index is 483. The molecule has 2 N–H and O–H groups in total. The van der Waals surface area contributed by atoms with Gasteiger partial charge in [0.05, 0.1) is 6.10 Å². The van der Waals surface area contributed by atoms with Crippen molar-refractivity contribution in [2.45, 2.75) is 50.9 Å². The minimum absolute atomic E-state index is 0.0923. The third kappa shape index (κ3) is 3.76. The van der Waals surface area contributed by atoms with Gasteiger partial charge in [0.2, 0.25) is 0 Å². The van der Waals surface area contributed by atoms with Crippen molar-refractivity contribution in [3.05, 3.63) is 5.82 Å². The first-order valence-corrected chi connectivity index (χ1v) is 7.42. The van der Waals surface area contributed by atoms with Crippen molar-refractivity contribution in [2.24, 2.45) is 5.14 Å². The van der Waals surface area contributed by atoms with E-state index in [0.29, 0.717) is 18.8 Å². The molecule has 0 radical (unpaired) electrons. The lowest BCUT2D eigenvalue weighted by Crippen LogP contribution is -2.20. The van der Waals surface area contributed by atoms with Crippen LogP contribution in [0.2, 0.25) is 0 Å². The van der Waals surface area contributed by atoms with E-state index in [-0.39, 0.29) is 11.3 Å². The number of aryl methyl sites for hydroxylation is 1. The molecule has 0 aliphatic rings. The standard InChI is InChI=1S/C10H20N4O3S/c1-4-7-14-9(6-5-8(2)17-3)12-13-10(14)18(11,15)16/h8H,4-7H2,1-3H3,(H2,11,15,16). The molecule has 1 aromatic heterocycles. The number of sulfonamides is 1. The first-order chi connectivity index (χ1) is 8.40. The molecule has 18 heavy (non-hydrogen) atoms. The lowest BCUT2D eigenvalue weighted by atomic mass is 10.2.